The van der Waals surface area contributed by atoms with Crippen LogP contribution in [0.5, 0.6) is 0 Å². The van der Waals surface area contributed by atoms with Gasteiger partial charge in [-0.15, -0.1) is 0 Å². The van der Waals surface area contributed by atoms with Gasteiger partial charge in [-0.25, -0.2) is 9.78 Å². The van der Waals surface area contributed by atoms with Crippen LogP contribution in [0.1, 0.15) is 17.3 Å². The Balaban J connectivity index is 2.62. The van der Waals surface area contributed by atoms with Gasteiger partial charge in [0.05, 0.1) is 17.7 Å². The number of aromatic nitrogens is 2. The van der Waals surface area contributed by atoms with Crippen molar-refractivity contribution in [3.05, 3.63) is 27.5 Å². The van der Waals surface area contributed by atoms with Crippen molar-refractivity contribution in [1.29, 1.82) is 0 Å². The standard InChI is InChI=1S/C10H8BrClN2O2/c1-2-16-9(15)6-3-5(12)4-7-8(6)14-10(11)13-7/h3-4H,2H2,1H3,(H,13,14). The Kier molecular flexibility index (Phi) is 3.16. The number of nitrogens with zero attached hydrogens (tertiary/aromatic N) is 1. The molecule has 4 nitrogen and oxygen atoms in total. The van der Waals surface area contributed by atoms with Gasteiger partial charge in [-0.05, 0) is 35.0 Å². The molecule has 0 saturated carbocycles. The van der Waals surface area contributed by atoms with Gasteiger partial charge in [0.1, 0.15) is 5.52 Å². The third kappa shape index (κ3) is 2.05. The fourth-order valence-corrected chi connectivity index (χ4v) is 2.03. The lowest BCUT2D eigenvalue weighted by Crippen LogP contribution is -2.05. The zero-order valence-corrected chi connectivity index (χ0v) is 10.7. The molecule has 1 aromatic heterocycles. The first-order valence-corrected chi connectivity index (χ1v) is 5.80. The maximum atomic E-state index is 11.7. The molecule has 0 aliphatic carbocycles. The molecule has 0 aliphatic heterocycles. The molecule has 0 spiro atoms. The predicted molar refractivity (Wildman–Crippen MR) is 64.8 cm³/mol. The zero-order valence-electron chi connectivity index (χ0n) is 8.38. The van der Waals surface area contributed by atoms with Crippen LogP contribution in [0.2, 0.25) is 5.02 Å². The highest BCUT2D eigenvalue weighted by atomic mass is 79.9. The summed E-state index contributed by atoms with van der Waals surface area (Å²) >= 11 is 9.12. The highest BCUT2D eigenvalue weighted by Crippen LogP contribution is 2.24. The molecule has 6 heteroatoms. The number of carbonyl (C=O) groups excluding carboxylic acids is 1. The fourth-order valence-electron chi connectivity index (χ4n) is 1.42. The first-order valence-electron chi connectivity index (χ1n) is 4.63. The van der Waals surface area contributed by atoms with E-state index in [1.54, 1.807) is 19.1 Å². The van der Waals surface area contributed by atoms with Crippen LogP contribution in [-0.4, -0.2) is 22.5 Å². The lowest BCUT2D eigenvalue weighted by Gasteiger charge is -2.02. The number of hydrogen-bond acceptors (Lipinski definition) is 3. The summed E-state index contributed by atoms with van der Waals surface area (Å²) in [6.45, 7) is 2.07. The molecule has 0 radical (unpaired) electrons. The summed E-state index contributed by atoms with van der Waals surface area (Å²) in [7, 11) is 0. The minimum Gasteiger partial charge on any atom is -0.462 e. The number of H-pyrrole nitrogens is 1. The Labute approximate surface area is 105 Å². The number of carbonyl (C=O) groups is 1. The van der Waals surface area contributed by atoms with Crippen LogP contribution in [0.15, 0.2) is 16.9 Å². The summed E-state index contributed by atoms with van der Waals surface area (Å²) in [4.78, 5) is 18.8. The van der Waals surface area contributed by atoms with Crippen molar-refractivity contribution in [2.75, 3.05) is 6.61 Å². The van der Waals surface area contributed by atoms with Gasteiger partial charge in [0.2, 0.25) is 0 Å². The maximum absolute atomic E-state index is 11.7. The Morgan fingerprint density at radius 1 is 1.62 bits per heavy atom. The van der Waals surface area contributed by atoms with Gasteiger partial charge >= 0.3 is 5.97 Å². The van der Waals surface area contributed by atoms with E-state index in [1.165, 1.54) is 0 Å². The number of benzene rings is 1. The molecule has 2 rings (SSSR count). The summed E-state index contributed by atoms with van der Waals surface area (Å²) in [6.07, 6.45) is 0. The minimum atomic E-state index is -0.422. The molecule has 0 saturated heterocycles. The van der Waals surface area contributed by atoms with Crippen LogP contribution in [0.25, 0.3) is 11.0 Å². The molecule has 1 heterocycles. The van der Waals surface area contributed by atoms with Crippen molar-refractivity contribution in [3.8, 4) is 0 Å². The molecule has 0 amide bonds. The van der Waals surface area contributed by atoms with E-state index in [2.05, 4.69) is 25.9 Å². The number of esters is 1. The number of ether oxygens (including phenoxy) is 1. The van der Waals surface area contributed by atoms with Crippen LogP contribution in [0, 0.1) is 0 Å². The molecule has 84 valence electrons. The van der Waals surface area contributed by atoms with E-state index < -0.39 is 5.97 Å². The van der Waals surface area contributed by atoms with Crippen molar-refractivity contribution in [1.82, 2.24) is 9.97 Å². The second-order valence-electron chi connectivity index (χ2n) is 3.10. The molecule has 2 aromatic rings. The quantitative estimate of drug-likeness (QED) is 0.867. The van der Waals surface area contributed by atoms with Gasteiger partial charge in [0.25, 0.3) is 0 Å². The summed E-state index contributed by atoms with van der Waals surface area (Å²) < 4.78 is 5.48. The van der Waals surface area contributed by atoms with Gasteiger partial charge < -0.3 is 9.72 Å². The number of aromatic amines is 1. The monoisotopic (exact) mass is 302 g/mol. The van der Waals surface area contributed by atoms with E-state index in [1.807, 2.05) is 0 Å². The van der Waals surface area contributed by atoms with Gasteiger partial charge in [-0.1, -0.05) is 11.6 Å². The van der Waals surface area contributed by atoms with Crippen LogP contribution in [0.3, 0.4) is 0 Å². The SMILES string of the molecule is CCOC(=O)c1cc(Cl)cc2[nH]c(Br)nc12. The second-order valence-corrected chi connectivity index (χ2v) is 4.29. The maximum Gasteiger partial charge on any atom is 0.340 e. The van der Waals surface area contributed by atoms with Gasteiger partial charge in [0, 0.05) is 5.02 Å². The van der Waals surface area contributed by atoms with Crippen molar-refractivity contribution in [3.63, 3.8) is 0 Å². The third-order valence-electron chi connectivity index (χ3n) is 2.02. The van der Waals surface area contributed by atoms with Crippen LogP contribution >= 0.6 is 27.5 Å². The topological polar surface area (TPSA) is 55.0 Å². The molecular formula is C10H8BrClN2O2. The van der Waals surface area contributed by atoms with Crippen molar-refractivity contribution in [2.45, 2.75) is 6.92 Å². The van der Waals surface area contributed by atoms with Crippen LogP contribution in [-0.2, 0) is 4.74 Å². The number of hydrogen-bond donors (Lipinski definition) is 1. The lowest BCUT2D eigenvalue weighted by atomic mass is 10.2. The van der Waals surface area contributed by atoms with Crippen LogP contribution < -0.4 is 0 Å². The first-order chi connectivity index (χ1) is 7.61. The van der Waals surface area contributed by atoms with E-state index in [4.69, 9.17) is 16.3 Å². The van der Waals surface area contributed by atoms with Crippen molar-refractivity contribution >= 4 is 44.5 Å². The smallest absolute Gasteiger partial charge is 0.340 e. The number of rotatable bonds is 2. The summed E-state index contributed by atoms with van der Waals surface area (Å²) in [6, 6.07) is 3.26. The third-order valence-corrected chi connectivity index (χ3v) is 2.61. The van der Waals surface area contributed by atoms with Gasteiger partial charge in [0.15, 0.2) is 4.73 Å². The van der Waals surface area contributed by atoms with E-state index in [0.29, 0.717) is 33.0 Å². The summed E-state index contributed by atoms with van der Waals surface area (Å²) in [5.41, 5.74) is 1.61. The predicted octanol–water partition coefficient (Wildman–Crippen LogP) is 3.16. The van der Waals surface area contributed by atoms with Crippen molar-refractivity contribution < 1.29 is 9.53 Å². The van der Waals surface area contributed by atoms with Gasteiger partial charge in [-0.2, -0.15) is 0 Å². The van der Waals surface area contributed by atoms with E-state index >= 15 is 0 Å². The Morgan fingerprint density at radius 2 is 2.38 bits per heavy atom. The number of fused-ring (bicyclic) bond motifs is 1. The Bertz CT molecular complexity index is 553. The van der Waals surface area contributed by atoms with Gasteiger partial charge in [-0.3, -0.25) is 0 Å². The molecular weight excluding hydrogens is 295 g/mol. The highest BCUT2D eigenvalue weighted by Gasteiger charge is 2.15. The molecule has 0 aliphatic rings. The average Bonchev–Trinajstić information content (AvgIpc) is 2.57. The first kappa shape index (κ1) is 11.4. The molecule has 1 aromatic carbocycles. The van der Waals surface area contributed by atoms with E-state index in [0.717, 1.165) is 0 Å². The molecule has 16 heavy (non-hydrogen) atoms. The zero-order chi connectivity index (χ0) is 11.7. The van der Waals surface area contributed by atoms with Crippen LogP contribution in [0.4, 0.5) is 0 Å². The number of nitrogens with one attached hydrogen (secondary N) is 1. The molecule has 0 atom stereocenters. The van der Waals surface area contributed by atoms with Crippen molar-refractivity contribution in [2.24, 2.45) is 0 Å². The Hall–Kier alpha value is -1.07. The Morgan fingerprint density at radius 3 is 3.06 bits per heavy atom. The molecule has 0 fully saturated rings. The molecule has 0 bridgehead atoms. The molecule has 1 N–H and O–H groups in total. The summed E-state index contributed by atoms with van der Waals surface area (Å²) in [5, 5.41) is 0.465. The summed E-state index contributed by atoms with van der Waals surface area (Å²) in [5.74, 6) is -0.422. The minimum absolute atomic E-state index is 0.318. The van der Waals surface area contributed by atoms with E-state index in [-0.39, 0.29) is 0 Å². The number of imidazole rings is 1. The lowest BCUT2D eigenvalue weighted by molar-refractivity contribution is 0.0528. The number of halogens is 2. The largest absolute Gasteiger partial charge is 0.462 e. The molecule has 0 unspecified atom stereocenters. The highest BCUT2D eigenvalue weighted by molar-refractivity contribution is 9.10. The average molecular weight is 304 g/mol. The fraction of sp³-hybridized carbons (Fsp3) is 0.200. The normalized spacial score (nSPS) is 10.7. The van der Waals surface area contributed by atoms with E-state index in [9.17, 15) is 4.79 Å². The second kappa shape index (κ2) is 4.43.